The second-order valence-corrected chi connectivity index (χ2v) is 4.00. The van der Waals surface area contributed by atoms with Crippen LogP contribution in [-0.4, -0.2) is 23.7 Å². The molecule has 2 rings (SSSR count). The van der Waals surface area contributed by atoms with Gasteiger partial charge < -0.3 is 10.1 Å². The Bertz CT molecular complexity index is 393. The highest BCUT2D eigenvalue weighted by Crippen LogP contribution is 2.19. The maximum atomic E-state index is 8.94. The van der Waals surface area contributed by atoms with Gasteiger partial charge in [0, 0.05) is 12.8 Å². The SMILES string of the molecule is CC(Nc1ncccc1C#N)C1CCCO1. The Balaban J connectivity index is 2.05. The van der Waals surface area contributed by atoms with Gasteiger partial charge in [-0.2, -0.15) is 5.26 Å². The summed E-state index contributed by atoms with van der Waals surface area (Å²) in [7, 11) is 0. The molecular formula is C12H15N3O. The van der Waals surface area contributed by atoms with Crippen molar-refractivity contribution in [2.75, 3.05) is 11.9 Å². The molecule has 1 aliphatic rings. The van der Waals surface area contributed by atoms with Crippen LogP contribution in [0.15, 0.2) is 18.3 Å². The fraction of sp³-hybridized carbons (Fsp3) is 0.500. The van der Waals surface area contributed by atoms with Gasteiger partial charge >= 0.3 is 0 Å². The standard InChI is InChI=1S/C12H15N3O/c1-9(11-5-3-7-16-11)15-12-10(8-13)4-2-6-14-12/h2,4,6,9,11H,3,5,7H2,1H3,(H,14,15). The zero-order valence-corrected chi connectivity index (χ0v) is 9.31. The highest BCUT2D eigenvalue weighted by molar-refractivity contribution is 5.51. The molecule has 0 radical (unpaired) electrons. The summed E-state index contributed by atoms with van der Waals surface area (Å²) >= 11 is 0. The molecule has 0 amide bonds. The van der Waals surface area contributed by atoms with Crippen LogP contribution >= 0.6 is 0 Å². The van der Waals surface area contributed by atoms with Gasteiger partial charge in [0.2, 0.25) is 0 Å². The third-order valence-corrected chi connectivity index (χ3v) is 2.82. The van der Waals surface area contributed by atoms with Gasteiger partial charge in [-0.1, -0.05) is 0 Å². The molecule has 0 aliphatic carbocycles. The lowest BCUT2D eigenvalue weighted by molar-refractivity contribution is 0.0995. The third-order valence-electron chi connectivity index (χ3n) is 2.82. The number of anilines is 1. The molecule has 1 aliphatic heterocycles. The number of hydrogen-bond acceptors (Lipinski definition) is 4. The molecule has 1 N–H and O–H groups in total. The van der Waals surface area contributed by atoms with E-state index in [1.54, 1.807) is 18.3 Å². The zero-order chi connectivity index (χ0) is 11.4. The van der Waals surface area contributed by atoms with Gasteiger partial charge in [-0.15, -0.1) is 0 Å². The Hall–Kier alpha value is -1.60. The van der Waals surface area contributed by atoms with Crippen molar-refractivity contribution < 1.29 is 4.74 Å². The average molecular weight is 217 g/mol. The van der Waals surface area contributed by atoms with Gasteiger partial charge in [0.15, 0.2) is 0 Å². The molecule has 84 valence electrons. The number of pyridine rings is 1. The van der Waals surface area contributed by atoms with Crippen molar-refractivity contribution in [1.29, 1.82) is 5.26 Å². The van der Waals surface area contributed by atoms with Gasteiger partial charge in [0.1, 0.15) is 11.9 Å². The van der Waals surface area contributed by atoms with Crippen molar-refractivity contribution in [1.82, 2.24) is 4.98 Å². The normalized spacial score (nSPS) is 21.4. The molecule has 2 heterocycles. The van der Waals surface area contributed by atoms with Crippen LogP contribution in [0.25, 0.3) is 0 Å². The van der Waals surface area contributed by atoms with Crippen LogP contribution < -0.4 is 5.32 Å². The number of ether oxygens (including phenoxy) is 1. The van der Waals surface area contributed by atoms with Crippen LogP contribution in [0.2, 0.25) is 0 Å². The first-order valence-electron chi connectivity index (χ1n) is 5.54. The smallest absolute Gasteiger partial charge is 0.144 e. The Labute approximate surface area is 95.3 Å². The van der Waals surface area contributed by atoms with Crippen LogP contribution in [-0.2, 0) is 4.74 Å². The number of nitrogens with zero attached hydrogens (tertiary/aromatic N) is 2. The number of aromatic nitrogens is 1. The summed E-state index contributed by atoms with van der Waals surface area (Å²) in [6.45, 7) is 2.90. The van der Waals surface area contributed by atoms with E-state index in [-0.39, 0.29) is 12.1 Å². The second-order valence-electron chi connectivity index (χ2n) is 4.00. The van der Waals surface area contributed by atoms with E-state index < -0.39 is 0 Å². The second kappa shape index (κ2) is 4.95. The minimum absolute atomic E-state index is 0.185. The van der Waals surface area contributed by atoms with E-state index in [1.807, 2.05) is 0 Å². The number of nitriles is 1. The molecule has 16 heavy (non-hydrogen) atoms. The third kappa shape index (κ3) is 2.31. The van der Waals surface area contributed by atoms with Crippen molar-refractivity contribution in [3.05, 3.63) is 23.9 Å². The Morgan fingerprint density at radius 1 is 1.69 bits per heavy atom. The van der Waals surface area contributed by atoms with Crippen molar-refractivity contribution in [3.63, 3.8) is 0 Å². The lowest BCUT2D eigenvalue weighted by Gasteiger charge is -2.20. The zero-order valence-electron chi connectivity index (χ0n) is 9.31. The van der Waals surface area contributed by atoms with Crippen LogP contribution in [0, 0.1) is 11.3 Å². The molecule has 4 nitrogen and oxygen atoms in total. The molecule has 0 bridgehead atoms. The molecule has 2 unspecified atom stereocenters. The van der Waals surface area contributed by atoms with Crippen LogP contribution in [0.3, 0.4) is 0 Å². The topological polar surface area (TPSA) is 57.9 Å². The van der Waals surface area contributed by atoms with E-state index in [0.717, 1.165) is 19.4 Å². The summed E-state index contributed by atoms with van der Waals surface area (Å²) in [5.41, 5.74) is 0.576. The summed E-state index contributed by atoms with van der Waals surface area (Å²) in [5.74, 6) is 0.646. The van der Waals surface area contributed by atoms with E-state index in [4.69, 9.17) is 10.00 Å². The molecule has 1 aromatic rings. The monoisotopic (exact) mass is 217 g/mol. The molecule has 0 spiro atoms. The Morgan fingerprint density at radius 2 is 2.56 bits per heavy atom. The largest absolute Gasteiger partial charge is 0.376 e. The molecule has 1 saturated heterocycles. The lowest BCUT2D eigenvalue weighted by atomic mass is 10.1. The maximum absolute atomic E-state index is 8.94. The summed E-state index contributed by atoms with van der Waals surface area (Å²) in [5, 5.41) is 12.2. The van der Waals surface area contributed by atoms with E-state index in [9.17, 15) is 0 Å². The van der Waals surface area contributed by atoms with Crippen molar-refractivity contribution in [3.8, 4) is 6.07 Å². The van der Waals surface area contributed by atoms with Crippen LogP contribution in [0.4, 0.5) is 5.82 Å². The number of nitrogens with one attached hydrogen (secondary N) is 1. The summed E-state index contributed by atoms with van der Waals surface area (Å²) in [4.78, 5) is 4.17. The quantitative estimate of drug-likeness (QED) is 0.840. The van der Waals surface area contributed by atoms with Gasteiger partial charge in [0.25, 0.3) is 0 Å². The predicted molar refractivity (Wildman–Crippen MR) is 61.0 cm³/mol. The minimum atomic E-state index is 0.185. The first kappa shape index (κ1) is 10.9. The maximum Gasteiger partial charge on any atom is 0.144 e. The highest BCUT2D eigenvalue weighted by Gasteiger charge is 2.22. The molecule has 0 saturated carbocycles. The average Bonchev–Trinajstić information content (AvgIpc) is 2.83. The van der Waals surface area contributed by atoms with Crippen molar-refractivity contribution in [2.24, 2.45) is 0 Å². The lowest BCUT2D eigenvalue weighted by Crippen LogP contribution is -2.30. The van der Waals surface area contributed by atoms with E-state index in [2.05, 4.69) is 23.3 Å². The van der Waals surface area contributed by atoms with Crippen LogP contribution in [0.5, 0.6) is 0 Å². The van der Waals surface area contributed by atoms with Gasteiger partial charge in [0.05, 0.1) is 17.7 Å². The summed E-state index contributed by atoms with van der Waals surface area (Å²) in [6.07, 6.45) is 4.10. The van der Waals surface area contributed by atoms with E-state index >= 15 is 0 Å². The fourth-order valence-electron chi connectivity index (χ4n) is 1.92. The number of rotatable bonds is 3. The van der Waals surface area contributed by atoms with E-state index in [1.165, 1.54) is 0 Å². The fourth-order valence-corrected chi connectivity index (χ4v) is 1.92. The van der Waals surface area contributed by atoms with Gasteiger partial charge in [-0.3, -0.25) is 0 Å². The minimum Gasteiger partial charge on any atom is -0.376 e. The van der Waals surface area contributed by atoms with Crippen molar-refractivity contribution in [2.45, 2.75) is 31.9 Å². The molecule has 1 aromatic heterocycles. The molecule has 1 fully saturated rings. The van der Waals surface area contributed by atoms with Gasteiger partial charge in [-0.05, 0) is 31.9 Å². The van der Waals surface area contributed by atoms with E-state index in [0.29, 0.717) is 11.4 Å². The molecule has 2 atom stereocenters. The van der Waals surface area contributed by atoms with Crippen LogP contribution in [0.1, 0.15) is 25.3 Å². The first-order valence-corrected chi connectivity index (χ1v) is 5.54. The molecular weight excluding hydrogens is 202 g/mol. The molecule has 4 heteroatoms. The summed E-state index contributed by atoms with van der Waals surface area (Å²) < 4.78 is 5.59. The first-order chi connectivity index (χ1) is 7.81. The Morgan fingerprint density at radius 3 is 3.25 bits per heavy atom. The number of hydrogen-bond donors (Lipinski definition) is 1. The Kier molecular flexibility index (Phi) is 3.37. The molecule has 0 aromatic carbocycles. The van der Waals surface area contributed by atoms with Crippen molar-refractivity contribution >= 4 is 5.82 Å². The summed E-state index contributed by atoms with van der Waals surface area (Å²) in [6, 6.07) is 5.84. The van der Waals surface area contributed by atoms with Gasteiger partial charge in [-0.25, -0.2) is 4.98 Å². The predicted octanol–water partition coefficient (Wildman–Crippen LogP) is 1.93. The highest BCUT2D eigenvalue weighted by atomic mass is 16.5.